The molecule has 0 bridgehead atoms. The van der Waals surface area contributed by atoms with E-state index in [0.717, 1.165) is 103 Å². The van der Waals surface area contributed by atoms with Gasteiger partial charge < -0.3 is 14.2 Å². The fraction of sp³-hybridized carbons (Fsp3) is 0.800. The average Bonchev–Trinajstić information content (AvgIpc) is 3.47. The van der Waals surface area contributed by atoms with Crippen LogP contribution in [0.25, 0.3) is 0 Å². The minimum Gasteiger partial charge on any atom is -0.462 e. The van der Waals surface area contributed by atoms with E-state index in [1.807, 2.05) is 0 Å². The first-order valence-corrected chi connectivity index (χ1v) is 35.4. The van der Waals surface area contributed by atoms with Gasteiger partial charge in [0.2, 0.25) is 0 Å². The Morgan fingerprint density at radius 2 is 0.481 bits per heavy atom. The highest BCUT2D eigenvalue weighted by molar-refractivity contribution is 5.71. The molecule has 0 aliphatic rings. The fourth-order valence-corrected chi connectivity index (χ4v) is 10.4. The average molecular weight is 1130 g/mol. The summed E-state index contributed by atoms with van der Waals surface area (Å²) in [5.41, 5.74) is 0. The van der Waals surface area contributed by atoms with Crippen molar-refractivity contribution in [3.05, 3.63) is 72.9 Å². The van der Waals surface area contributed by atoms with Gasteiger partial charge in [-0.1, -0.05) is 331 Å². The Labute approximate surface area is 503 Å². The van der Waals surface area contributed by atoms with Crippen molar-refractivity contribution in [2.45, 2.75) is 374 Å². The van der Waals surface area contributed by atoms with Crippen molar-refractivity contribution in [3.8, 4) is 0 Å². The summed E-state index contributed by atoms with van der Waals surface area (Å²) in [4.78, 5) is 38.2. The third-order valence-electron chi connectivity index (χ3n) is 15.7. The standard InChI is InChI=1S/C75H134O6/c1-4-7-10-13-16-19-21-23-25-27-29-30-31-32-33-34-35-36-37-38-39-40-41-42-43-44-46-47-49-51-53-56-59-62-65-68-74(77)80-71-72(70-79-73(76)67-64-61-58-55-18-15-12-9-6-3)81-75(78)69-66-63-60-57-54-52-50-48-45-28-26-24-22-20-17-14-11-8-5-2/h8,11,17,20-21,23-24,26-27,29,45,48,72H,4-7,9-10,12-16,18-19,22,25,28,30-44,46-47,49-71H2,1-3H3/b11-8-,20-17-,23-21-,26-24-,29-27-,48-45-. The highest BCUT2D eigenvalue weighted by Gasteiger charge is 2.19. The summed E-state index contributed by atoms with van der Waals surface area (Å²) in [5, 5.41) is 0. The van der Waals surface area contributed by atoms with Crippen LogP contribution in [0.2, 0.25) is 0 Å². The Bertz CT molecular complexity index is 1490. The van der Waals surface area contributed by atoms with Crippen molar-refractivity contribution in [2.75, 3.05) is 13.2 Å². The van der Waals surface area contributed by atoms with E-state index in [1.54, 1.807) is 0 Å². The van der Waals surface area contributed by atoms with Gasteiger partial charge in [0.1, 0.15) is 13.2 Å². The molecule has 6 heteroatoms. The third kappa shape index (κ3) is 67.5. The zero-order chi connectivity index (χ0) is 58.5. The van der Waals surface area contributed by atoms with Gasteiger partial charge in [0, 0.05) is 19.3 Å². The molecular formula is C75H134O6. The molecule has 1 atom stereocenters. The number of hydrogen-bond donors (Lipinski definition) is 0. The number of allylic oxidation sites excluding steroid dienone is 12. The topological polar surface area (TPSA) is 78.9 Å². The van der Waals surface area contributed by atoms with E-state index in [-0.39, 0.29) is 31.1 Å². The molecule has 0 amide bonds. The molecule has 0 spiro atoms. The van der Waals surface area contributed by atoms with Gasteiger partial charge >= 0.3 is 17.9 Å². The Morgan fingerprint density at radius 1 is 0.259 bits per heavy atom. The summed E-state index contributed by atoms with van der Waals surface area (Å²) in [7, 11) is 0. The normalized spacial score (nSPS) is 12.5. The molecule has 6 nitrogen and oxygen atoms in total. The summed E-state index contributed by atoms with van der Waals surface area (Å²) in [6, 6.07) is 0. The van der Waals surface area contributed by atoms with Crippen LogP contribution in [0, 0.1) is 0 Å². The lowest BCUT2D eigenvalue weighted by Gasteiger charge is -2.18. The summed E-state index contributed by atoms with van der Waals surface area (Å²) >= 11 is 0. The molecule has 0 aromatic rings. The smallest absolute Gasteiger partial charge is 0.306 e. The van der Waals surface area contributed by atoms with E-state index in [4.69, 9.17) is 14.2 Å². The number of ether oxygens (including phenoxy) is 3. The molecule has 0 N–H and O–H groups in total. The van der Waals surface area contributed by atoms with Gasteiger partial charge in [-0.15, -0.1) is 0 Å². The Morgan fingerprint density at radius 3 is 0.753 bits per heavy atom. The molecule has 0 fully saturated rings. The molecule has 0 aliphatic carbocycles. The largest absolute Gasteiger partial charge is 0.462 e. The zero-order valence-electron chi connectivity index (χ0n) is 54.1. The van der Waals surface area contributed by atoms with Gasteiger partial charge in [-0.25, -0.2) is 0 Å². The van der Waals surface area contributed by atoms with Crippen LogP contribution in [-0.4, -0.2) is 37.2 Å². The number of unbranched alkanes of at least 4 members (excludes halogenated alkanes) is 42. The summed E-state index contributed by atoms with van der Waals surface area (Å²) in [5.74, 6) is -0.875. The highest BCUT2D eigenvalue weighted by Crippen LogP contribution is 2.18. The summed E-state index contributed by atoms with van der Waals surface area (Å²) < 4.78 is 16.9. The van der Waals surface area contributed by atoms with Crippen LogP contribution in [0.5, 0.6) is 0 Å². The molecule has 0 heterocycles. The molecule has 0 saturated heterocycles. The lowest BCUT2D eigenvalue weighted by atomic mass is 10.0. The van der Waals surface area contributed by atoms with Crippen LogP contribution >= 0.6 is 0 Å². The molecule has 0 aromatic heterocycles. The maximum Gasteiger partial charge on any atom is 0.306 e. The Balaban J connectivity index is 4.03. The lowest BCUT2D eigenvalue weighted by Crippen LogP contribution is -2.30. The second kappa shape index (κ2) is 69.3. The van der Waals surface area contributed by atoms with Gasteiger partial charge in [0.15, 0.2) is 6.10 Å². The molecule has 81 heavy (non-hydrogen) atoms. The van der Waals surface area contributed by atoms with Crippen LogP contribution in [0.1, 0.15) is 367 Å². The van der Waals surface area contributed by atoms with E-state index < -0.39 is 6.10 Å². The van der Waals surface area contributed by atoms with Crippen LogP contribution in [-0.2, 0) is 28.6 Å². The van der Waals surface area contributed by atoms with Gasteiger partial charge in [0.25, 0.3) is 0 Å². The summed E-state index contributed by atoms with van der Waals surface area (Å²) in [6.45, 7) is 6.53. The van der Waals surface area contributed by atoms with Gasteiger partial charge in [-0.2, -0.15) is 0 Å². The minimum absolute atomic E-state index is 0.0767. The molecule has 470 valence electrons. The maximum absolute atomic E-state index is 12.9. The molecule has 0 saturated carbocycles. The Hall–Kier alpha value is -3.15. The Kier molecular flexibility index (Phi) is 66.6. The predicted molar refractivity (Wildman–Crippen MR) is 353 cm³/mol. The molecular weight excluding hydrogens is 997 g/mol. The van der Waals surface area contributed by atoms with Crippen molar-refractivity contribution in [2.24, 2.45) is 0 Å². The quantitative estimate of drug-likeness (QED) is 0.0261. The monoisotopic (exact) mass is 1130 g/mol. The number of carbonyl (C=O) groups excluding carboxylic acids is 3. The maximum atomic E-state index is 12.9. The van der Waals surface area contributed by atoms with Crippen LogP contribution < -0.4 is 0 Å². The molecule has 0 rings (SSSR count). The first kappa shape index (κ1) is 77.9. The predicted octanol–water partition coefficient (Wildman–Crippen LogP) is 24.4. The number of rotatable bonds is 65. The second-order valence-corrected chi connectivity index (χ2v) is 23.8. The fourth-order valence-electron chi connectivity index (χ4n) is 10.4. The molecule has 0 aromatic carbocycles. The van der Waals surface area contributed by atoms with Crippen molar-refractivity contribution >= 4 is 17.9 Å². The summed E-state index contributed by atoms with van der Waals surface area (Å²) in [6.07, 6.45) is 91.0. The highest BCUT2D eigenvalue weighted by atomic mass is 16.6. The van der Waals surface area contributed by atoms with E-state index in [1.165, 1.54) is 225 Å². The van der Waals surface area contributed by atoms with Crippen LogP contribution in [0.3, 0.4) is 0 Å². The second-order valence-electron chi connectivity index (χ2n) is 23.8. The van der Waals surface area contributed by atoms with E-state index >= 15 is 0 Å². The van der Waals surface area contributed by atoms with Crippen LogP contribution in [0.15, 0.2) is 72.9 Å². The minimum atomic E-state index is -0.780. The number of hydrogen-bond acceptors (Lipinski definition) is 6. The van der Waals surface area contributed by atoms with E-state index in [2.05, 4.69) is 93.7 Å². The number of carbonyl (C=O) groups is 3. The zero-order valence-corrected chi connectivity index (χ0v) is 54.1. The van der Waals surface area contributed by atoms with Crippen molar-refractivity contribution in [3.63, 3.8) is 0 Å². The first-order valence-electron chi connectivity index (χ1n) is 35.4. The molecule has 0 aliphatic heterocycles. The van der Waals surface area contributed by atoms with Crippen molar-refractivity contribution in [1.29, 1.82) is 0 Å². The van der Waals surface area contributed by atoms with Gasteiger partial charge in [0.05, 0.1) is 0 Å². The third-order valence-corrected chi connectivity index (χ3v) is 15.7. The van der Waals surface area contributed by atoms with E-state index in [0.29, 0.717) is 19.3 Å². The van der Waals surface area contributed by atoms with Gasteiger partial charge in [-0.05, 0) is 89.9 Å². The van der Waals surface area contributed by atoms with Crippen molar-refractivity contribution in [1.82, 2.24) is 0 Å². The molecule has 1 unspecified atom stereocenters. The van der Waals surface area contributed by atoms with E-state index in [9.17, 15) is 14.4 Å². The number of esters is 3. The molecule has 0 radical (unpaired) electrons. The van der Waals surface area contributed by atoms with Gasteiger partial charge in [-0.3, -0.25) is 14.4 Å². The van der Waals surface area contributed by atoms with Crippen LogP contribution in [0.4, 0.5) is 0 Å². The lowest BCUT2D eigenvalue weighted by molar-refractivity contribution is -0.167. The van der Waals surface area contributed by atoms with Crippen molar-refractivity contribution < 1.29 is 28.6 Å². The SMILES string of the molecule is CC/C=C\C/C=C\C/C=C\C/C=C\CCCCCCCCC(=O)OC(COC(=O)CCCCCCCCCCC)COC(=O)CCCCCCCCCCCCCCCCCCCCCCCCC/C=C\C/C=C\CCCCCCC. The first-order chi connectivity index (χ1) is 40.0.